The predicted octanol–water partition coefficient (Wildman–Crippen LogP) is 2.25. The number of methoxy groups -OCH3 is 1. The summed E-state index contributed by atoms with van der Waals surface area (Å²) in [5.74, 6) is 0.403. The minimum absolute atomic E-state index is 0.264. The molecule has 1 aliphatic rings. The average molecular weight is 386 g/mol. The highest BCUT2D eigenvalue weighted by Crippen LogP contribution is 2.22. The van der Waals surface area contributed by atoms with Gasteiger partial charge in [-0.15, -0.1) is 0 Å². The molecule has 0 bridgehead atoms. The smallest absolute Gasteiger partial charge is 0.291 e. The minimum Gasteiger partial charge on any atom is -0.494 e. The quantitative estimate of drug-likeness (QED) is 0.679. The fourth-order valence-corrected chi connectivity index (χ4v) is 3.24. The zero-order chi connectivity index (χ0) is 19.9. The Hall–Kier alpha value is -2.87. The van der Waals surface area contributed by atoms with E-state index in [9.17, 15) is 9.59 Å². The van der Waals surface area contributed by atoms with Crippen molar-refractivity contribution in [2.45, 2.75) is 32.7 Å². The summed E-state index contributed by atoms with van der Waals surface area (Å²) in [6.45, 7) is 4.00. The molecule has 28 heavy (non-hydrogen) atoms. The number of rotatable bonds is 8. The Balaban J connectivity index is 1.78. The van der Waals surface area contributed by atoms with Crippen molar-refractivity contribution >= 4 is 17.5 Å². The number of nitrogens with one attached hydrogen (secondary N) is 2. The van der Waals surface area contributed by atoms with Gasteiger partial charge >= 0.3 is 0 Å². The van der Waals surface area contributed by atoms with Crippen molar-refractivity contribution < 1.29 is 19.1 Å². The lowest BCUT2D eigenvalue weighted by atomic mass is 10.1. The van der Waals surface area contributed by atoms with Crippen molar-refractivity contribution in [1.82, 2.24) is 14.9 Å². The van der Waals surface area contributed by atoms with E-state index in [1.807, 2.05) is 11.5 Å². The molecule has 0 saturated heterocycles. The van der Waals surface area contributed by atoms with Crippen LogP contribution < -0.4 is 15.4 Å². The Morgan fingerprint density at radius 3 is 2.68 bits per heavy atom. The van der Waals surface area contributed by atoms with Gasteiger partial charge < -0.3 is 24.7 Å². The summed E-state index contributed by atoms with van der Waals surface area (Å²) in [5, 5.41) is 5.64. The molecule has 2 aromatic rings. The summed E-state index contributed by atoms with van der Waals surface area (Å²) in [5.41, 5.74) is 1.79. The van der Waals surface area contributed by atoms with Gasteiger partial charge in [-0.2, -0.15) is 0 Å². The second-order valence-corrected chi connectivity index (χ2v) is 6.50. The molecular weight excluding hydrogens is 360 g/mol. The van der Waals surface area contributed by atoms with Crippen LogP contribution in [-0.4, -0.2) is 48.2 Å². The highest BCUT2D eigenvalue weighted by molar-refractivity contribution is 6.03. The summed E-state index contributed by atoms with van der Waals surface area (Å²) in [6, 6.07) is 7.16. The van der Waals surface area contributed by atoms with Crippen molar-refractivity contribution in [3.05, 3.63) is 41.5 Å². The first-order valence-corrected chi connectivity index (χ1v) is 9.54. The van der Waals surface area contributed by atoms with Crippen LogP contribution in [0, 0.1) is 0 Å². The second-order valence-electron chi connectivity index (χ2n) is 6.50. The summed E-state index contributed by atoms with van der Waals surface area (Å²) < 4.78 is 12.2. The molecule has 150 valence electrons. The first kappa shape index (κ1) is 19.9. The molecule has 0 saturated carbocycles. The molecule has 1 aliphatic heterocycles. The monoisotopic (exact) mass is 386 g/mol. The standard InChI is InChI=1S/C20H26N4O4/c1-3-28-15-9-7-14(8-10-15)22-20(26)18-23-17(19(25)21-11-13-27-2)16-6-4-5-12-24(16)18/h7-10H,3-6,11-13H2,1-2H3,(H,21,25)(H,22,26). The molecule has 0 atom stereocenters. The van der Waals surface area contributed by atoms with Crippen LogP contribution in [0.2, 0.25) is 0 Å². The lowest BCUT2D eigenvalue weighted by molar-refractivity contribution is 0.0931. The maximum atomic E-state index is 12.8. The number of benzene rings is 1. The maximum absolute atomic E-state index is 12.8. The van der Waals surface area contributed by atoms with Crippen LogP contribution in [0.3, 0.4) is 0 Å². The third-order valence-corrected chi connectivity index (χ3v) is 4.55. The van der Waals surface area contributed by atoms with Crippen molar-refractivity contribution in [2.75, 3.05) is 32.2 Å². The van der Waals surface area contributed by atoms with Gasteiger partial charge in [-0.3, -0.25) is 9.59 Å². The fraction of sp³-hybridized carbons (Fsp3) is 0.450. The first-order chi connectivity index (χ1) is 13.6. The lowest BCUT2D eigenvalue weighted by Gasteiger charge is -2.17. The largest absolute Gasteiger partial charge is 0.494 e. The molecule has 0 spiro atoms. The minimum atomic E-state index is -0.330. The predicted molar refractivity (Wildman–Crippen MR) is 105 cm³/mol. The van der Waals surface area contributed by atoms with Gasteiger partial charge in [0, 0.05) is 25.9 Å². The molecule has 1 aromatic carbocycles. The summed E-state index contributed by atoms with van der Waals surface area (Å²) >= 11 is 0. The van der Waals surface area contributed by atoms with Gasteiger partial charge in [0.25, 0.3) is 11.8 Å². The number of ether oxygens (including phenoxy) is 2. The van der Waals surface area contributed by atoms with E-state index in [1.165, 1.54) is 0 Å². The Labute approximate surface area is 164 Å². The topological polar surface area (TPSA) is 94.5 Å². The number of aromatic nitrogens is 2. The summed E-state index contributed by atoms with van der Waals surface area (Å²) in [4.78, 5) is 29.7. The molecule has 0 fully saturated rings. The highest BCUT2D eigenvalue weighted by atomic mass is 16.5. The molecule has 2 amide bonds. The van der Waals surface area contributed by atoms with E-state index >= 15 is 0 Å². The van der Waals surface area contributed by atoms with Crippen LogP contribution >= 0.6 is 0 Å². The Bertz CT molecular complexity index is 829. The van der Waals surface area contributed by atoms with Crippen molar-refractivity contribution in [3.8, 4) is 5.75 Å². The van der Waals surface area contributed by atoms with Gasteiger partial charge in [-0.25, -0.2) is 4.98 Å². The Morgan fingerprint density at radius 2 is 1.96 bits per heavy atom. The van der Waals surface area contributed by atoms with Crippen LogP contribution in [0.15, 0.2) is 24.3 Å². The van der Waals surface area contributed by atoms with Crippen LogP contribution in [0.25, 0.3) is 0 Å². The van der Waals surface area contributed by atoms with Crippen LogP contribution in [0.1, 0.15) is 46.6 Å². The van der Waals surface area contributed by atoms with E-state index in [2.05, 4.69) is 15.6 Å². The van der Waals surface area contributed by atoms with Crippen LogP contribution in [-0.2, 0) is 17.7 Å². The maximum Gasteiger partial charge on any atom is 0.291 e. The fourth-order valence-electron chi connectivity index (χ4n) is 3.24. The zero-order valence-corrected chi connectivity index (χ0v) is 16.3. The van der Waals surface area contributed by atoms with E-state index < -0.39 is 0 Å². The number of carbonyl (C=O) groups excluding carboxylic acids is 2. The lowest BCUT2D eigenvalue weighted by Crippen LogP contribution is -2.28. The first-order valence-electron chi connectivity index (χ1n) is 9.54. The highest BCUT2D eigenvalue weighted by Gasteiger charge is 2.27. The van der Waals surface area contributed by atoms with Gasteiger partial charge in [0.15, 0.2) is 5.82 Å². The molecule has 3 rings (SSSR count). The number of nitrogens with zero attached hydrogens (tertiary/aromatic N) is 2. The number of imidazole rings is 1. The van der Waals surface area contributed by atoms with Crippen LogP contribution in [0.5, 0.6) is 5.75 Å². The van der Waals surface area contributed by atoms with E-state index in [0.29, 0.717) is 37.7 Å². The second kappa shape index (κ2) is 9.36. The van der Waals surface area contributed by atoms with Gasteiger partial charge in [0.2, 0.25) is 0 Å². The number of hydrogen-bond acceptors (Lipinski definition) is 5. The van der Waals surface area contributed by atoms with Gasteiger partial charge in [0.05, 0.1) is 18.9 Å². The van der Waals surface area contributed by atoms with E-state index in [1.54, 1.807) is 31.4 Å². The van der Waals surface area contributed by atoms with Crippen molar-refractivity contribution in [3.63, 3.8) is 0 Å². The summed E-state index contributed by atoms with van der Waals surface area (Å²) in [7, 11) is 1.58. The molecule has 8 nitrogen and oxygen atoms in total. The molecule has 0 radical (unpaired) electrons. The number of fused-ring (bicyclic) bond motifs is 1. The molecule has 1 aromatic heterocycles. The van der Waals surface area contributed by atoms with E-state index in [0.717, 1.165) is 30.7 Å². The average Bonchev–Trinajstić information content (AvgIpc) is 3.10. The van der Waals surface area contributed by atoms with Crippen LogP contribution in [0.4, 0.5) is 5.69 Å². The van der Waals surface area contributed by atoms with Gasteiger partial charge in [-0.05, 0) is 50.5 Å². The Morgan fingerprint density at radius 1 is 1.18 bits per heavy atom. The van der Waals surface area contributed by atoms with E-state index in [4.69, 9.17) is 9.47 Å². The normalized spacial score (nSPS) is 12.9. The third kappa shape index (κ3) is 4.51. The molecule has 2 N–H and O–H groups in total. The molecular formula is C20H26N4O4. The molecule has 0 unspecified atom stereocenters. The van der Waals surface area contributed by atoms with E-state index in [-0.39, 0.29) is 17.6 Å². The summed E-state index contributed by atoms with van der Waals surface area (Å²) in [6.07, 6.45) is 2.66. The number of anilines is 1. The third-order valence-electron chi connectivity index (χ3n) is 4.55. The number of amides is 2. The molecule has 0 aliphatic carbocycles. The molecule has 8 heteroatoms. The van der Waals surface area contributed by atoms with Gasteiger partial charge in [0.1, 0.15) is 11.4 Å². The molecule has 2 heterocycles. The SMILES string of the molecule is CCOc1ccc(NC(=O)c2nc(C(=O)NCCOC)c3n2CCCC3)cc1. The Kier molecular flexibility index (Phi) is 6.65. The van der Waals surface area contributed by atoms with Crippen molar-refractivity contribution in [1.29, 1.82) is 0 Å². The number of hydrogen-bond donors (Lipinski definition) is 2. The zero-order valence-electron chi connectivity index (χ0n) is 16.3. The number of carbonyl (C=O) groups is 2. The van der Waals surface area contributed by atoms with Gasteiger partial charge in [-0.1, -0.05) is 0 Å². The van der Waals surface area contributed by atoms with Crippen molar-refractivity contribution in [2.24, 2.45) is 0 Å².